The number of hydrogen-bond acceptors (Lipinski definition) is 2. The van der Waals surface area contributed by atoms with E-state index in [9.17, 15) is 0 Å². The SMILES string of the molecule is COc1cccc(NC(=S)NCC=C(C)C)c1. The highest BCUT2D eigenvalue weighted by Crippen LogP contribution is 2.16. The van der Waals surface area contributed by atoms with Gasteiger partial charge in [0.25, 0.3) is 0 Å². The number of anilines is 1. The third-order valence-electron chi connectivity index (χ3n) is 2.10. The summed E-state index contributed by atoms with van der Waals surface area (Å²) in [6.45, 7) is 4.85. The fraction of sp³-hybridized carbons (Fsp3) is 0.308. The maximum Gasteiger partial charge on any atom is 0.171 e. The van der Waals surface area contributed by atoms with Crippen molar-refractivity contribution in [2.24, 2.45) is 0 Å². The monoisotopic (exact) mass is 250 g/mol. The van der Waals surface area contributed by atoms with Crippen molar-refractivity contribution < 1.29 is 4.74 Å². The van der Waals surface area contributed by atoms with Gasteiger partial charge in [-0.25, -0.2) is 0 Å². The van der Waals surface area contributed by atoms with Gasteiger partial charge in [-0.3, -0.25) is 0 Å². The molecule has 0 amide bonds. The van der Waals surface area contributed by atoms with E-state index in [1.807, 2.05) is 24.3 Å². The number of methoxy groups -OCH3 is 1. The Balaban J connectivity index is 2.47. The molecule has 4 heteroatoms. The van der Waals surface area contributed by atoms with E-state index in [0.717, 1.165) is 18.0 Å². The van der Waals surface area contributed by atoms with Gasteiger partial charge in [0.1, 0.15) is 5.75 Å². The van der Waals surface area contributed by atoms with Crippen LogP contribution in [-0.2, 0) is 0 Å². The third-order valence-corrected chi connectivity index (χ3v) is 2.35. The van der Waals surface area contributed by atoms with Crippen LogP contribution in [0.1, 0.15) is 13.8 Å². The lowest BCUT2D eigenvalue weighted by molar-refractivity contribution is 0.415. The molecule has 0 aromatic heterocycles. The van der Waals surface area contributed by atoms with Crippen LogP contribution in [0.4, 0.5) is 5.69 Å². The first-order valence-corrected chi connectivity index (χ1v) is 5.85. The molecule has 0 aliphatic rings. The van der Waals surface area contributed by atoms with E-state index in [2.05, 4.69) is 30.6 Å². The van der Waals surface area contributed by atoms with Crippen molar-refractivity contribution in [3.05, 3.63) is 35.9 Å². The zero-order valence-electron chi connectivity index (χ0n) is 10.4. The summed E-state index contributed by atoms with van der Waals surface area (Å²) in [4.78, 5) is 0. The van der Waals surface area contributed by atoms with Crippen molar-refractivity contribution in [1.29, 1.82) is 0 Å². The van der Waals surface area contributed by atoms with Crippen LogP contribution >= 0.6 is 12.2 Å². The highest BCUT2D eigenvalue weighted by molar-refractivity contribution is 7.80. The predicted octanol–water partition coefficient (Wildman–Crippen LogP) is 2.95. The summed E-state index contributed by atoms with van der Waals surface area (Å²) in [5, 5.41) is 6.81. The van der Waals surface area contributed by atoms with Crippen LogP contribution in [0, 0.1) is 0 Å². The summed E-state index contributed by atoms with van der Waals surface area (Å²) in [6.07, 6.45) is 2.08. The average Bonchev–Trinajstić information content (AvgIpc) is 2.28. The van der Waals surface area contributed by atoms with Crippen LogP contribution in [-0.4, -0.2) is 18.8 Å². The van der Waals surface area contributed by atoms with Crippen LogP contribution in [0.15, 0.2) is 35.9 Å². The van der Waals surface area contributed by atoms with Crippen LogP contribution in [0.5, 0.6) is 5.75 Å². The molecule has 92 valence electrons. The molecule has 0 bridgehead atoms. The van der Waals surface area contributed by atoms with Gasteiger partial charge in [-0.05, 0) is 38.2 Å². The van der Waals surface area contributed by atoms with Crippen LogP contribution in [0.2, 0.25) is 0 Å². The van der Waals surface area contributed by atoms with Gasteiger partial charge < -0.3 is 15.4 Å². The molecule has 0 atom stereocenters. The lowest BCUT2D eigenvalue weighted by Gasteiger charge is -2.10. The van der Waals surface area contributed by atoms with Gasteiger partial charge in [0.2, 0.25) is 0 Å². The van der Waals surface area contributed by atoms with Gasteiger partial charge in [0.15, 0.2) is 5.11 Å². The molecular formula is C13H18N2OS. The minimum absolute atomic E-state index is 0.607. The molecule has 1 aromatic rings. The lowest BCUT2D eigenvalue weighted by Crippen LogP contribution is -2.28. The van der Waals surface area contributed by atoms with Gasteiger partial charge in [0.05, 0.1) is 7.11 Å². The van der Waals surface area contributed by atoms with Gasteiger partial charge >= 0.3 is 0 Å². The number of hydrogen-bond donors (Lipinski definition) is 2. The van der Waals surface area contributed by atoms with Crippen LogP contribution in [0.25, 0.3) is 0 Å². The minimum atomic E-state index is 0.607. The van der Waals surface area contributed by atoms with Gasteiger partial charge in [0, 0.05) is 18.3 Å². The molecule has 0 heterocycles. The molecule has 1 aromatic carbocycles. The Bertz CT molecular complexity index is 412. The van der Waals surface area contributed by atoms with Crippen LogP contribution < -0.4 is 15.4 Å². The van der Waals surface area contributed by atoms with E-state index in [1.165, 1.54) is 5.57 Å². The summed E-state index contributed by atoms with van der Waals surface area (Å²) in [5.41, 5.74) is 2.18. The topological polar surface area (TPSA) is 33.3 Å². The quantitative estimate of drug-likeness (QED) is 0.636. The molecular weight excluding hydrogens is 232 g/mol. The van der Waals surface area contributed by atoms with E-state index in [1.54, 1.807) is 7.11 Å². The summed E-state index contributed by atoms with van der Waals surface area (Å²) < 4.78 is 5.14. The molecule has 0 aliphatic heterocycles. The molecule has 1 rings (SSSR count). The second kappa shape index (κ2) is 6.91. The summed E-state index contributed by atoms with van der Waals surface area (Å²) in [7, 11) is 1.64. The van der Waals surface area contributed by atoms with E-state index < -0.39 is 0 Å². The second-order valence-corrected chi connectivity index (χ2v) is 4.26. The van der Waals surface area contributed by atoms with Crippen molar-refractivity contribution in [3.63, 3.8) is 0 Å². The minimum Gasteiger partial charge on any atom is -0.497 e. The first kappa shape index (κ1) is 13.5. The van der Waals surface area contributed by atoms with Crippen molar-refractivity contribution in [3.8, 4) is 5.75 Å². The van der Waals surface area contributed by atoms with Gasteiger partial charge in [-0.2, -0.15) is 0 Å². The Kier molecular flexibility index (Phi) is 5.49. The molecule has 0 unspecified atom stereocenters. The van der Waals surface area contributed by atoms with E-state index >= 15 is 0 Å². The standard InChI is InChI=1S/C13H18N2OS/c1-10(2)7-8-14-13(17)15-11-5-4-6-12(9-11)16-3/h4-7,9H,8H2,1-3H3,(H2,14,15,17). The van der Waals surface area contributed by atoms with Crippen molar-refractivity contribution in [2.45, 2.75) is 13.8 Å². The lowest BCUT2D eigenvalue weighted by atomic mass is 10.3. The molecule has 0 saturated carbocycles. The zero-order chi connectivity index (χ0) is 12.7. The largest absolute Gasteiger partial charge is 0.497 e. The van der Waals surface area contributed by atoms with Gasteiger partial charge in [-0.1, -0.05) is 17.7 Å². The van der Waals surface area contributed by atoms with E-state index in [4.69, 9.17) is 17.0 Å². The first-order chi connectivity index (χ1) is 8.11. The van der Waals surface area contributed by atoms with Crippen LogP contribution in [0.3, 0.4) is 0 Å². The normalized spacial score (nSPS) is 9.35. The molecule has 0 fully saturated rings. The molecule has 0 aliphatic carbocycles. The van der Waals surface area contributed by atoms with E-state index in [-0.39, 0.29) is 0 Å². The predicted molar refractivity (Wildman–Crippen MR) is 76.6 cm³/mol. The second-order valence-electron chi connectivity index (χ2n) is 3.85. The average molecular weight is 250 g/mol. The maximum absolute atomic E-state index is 5.18. The van der Waals surface area contributed by atoms with Crippen molar-refractivity contribution in [2.75, 3.05) is 19.0 Å². The third kappa shape index (κ3) is 5.36. The number of nitrogens with one attached hydrogen (secondary N) is 2. The smallest absolute Gasteiger partial charge is 0.171 e. The molecule has 2 N–H and O–H groups in total. The zero-order valence-corrected chi connectivity index (χ0v) is 11.2. The number of thiocarbonyl (C=S) groups is 1. The van der Waals surface area contributed by atoms with Gasteiger partial charge in [-0.15, -0.1) is 0 Å². The molecule has 0 spiro atoms. The molecule has 17 heavy (non-hydrogen) atoms. The molecule has 0 saturated heterocycles. The van der Waals surface area contributed by atoms with Crippen molar-refractivity contribution in [1.82, 2.24) is 5.32 Å². The number of ether oxygens (including phenoxy) is 1. The first-order valence-electron chi connectivity index (χ1n) is 5.44. The fourth-order valence-corrected chi connectivity index (χ4v) is 1.43. The number of benzene rings is 1. The molecule has 3 nitrogen and oxygen atoms in total. The van der Waals surface area contributed by atoms with E-state index in [0.29, 0.717) is 5.11 Å². The number of allylic oxidation sites excluding steroid dienone is 1. The summed E-state index contributed by atoms with van der Waals surface area (Å²) >= 11 is 5.18. The summed E-state index contributed by atoms with van der Waals surface area (Å²) in [5.74, 6) is 0.807. The Hall–Kier alpha value is -1.55. The van der Waals surface area contributed by atoms with Crippen molar-refractivity contribution >= 4 is 23.0 Å². The Morgan fingerprint density at radius 1 is 1.41 bits per heavy atom. The Morgan fingerprint density at radius 2 is 2.18 bits per heavy atom. The number of rotatable bonds is 4. The Morgan fingerprint density at radius 3 is 2.82 bits per heavy atom. The highest BCUT2D eigenvalue weighted by Gasteiger charge is 1.97. The maximum atomic E-state index is 5.18. The highest BCUT2D eigenvalue weighted by atomic mass is 32.1. The molecule has 0 radical (unpaired) electrons. The summed E-state index contributed by atoms with van der Waals surface area (Å²) in [6, 6.07) is 7.65. The fourth-order valence-electron chi connectivity index (χ4n) is 1.22. The Labute approximate surface area is 108 Å².